The van der Waals surface area contributed by atoms with E-state index in [0.717, 1.165) is 15.6 Å². The molecule has 2 aliphatic rings. The summed E-state index contributed by atoms with van der Waals surface area (Å²) >= 11 is 12.0. The van der Waals surface area contributed by atoms with Gasteiger partial charge in [0, 0.05) is 33.0 Å². The molecule has 174 valence electrons. The summed E-state index contributed by atoms with van der Waals surface area (Å²) in [5, 5.41) is 26.5. The number of para-hydroxylation sites is 2. The molecule has 1 saturated carbocycles. The Morgan fingerprint density at radius 1 is 1.12 bits per heavy atom. The first-order chi connectivity index (χ1) is 16.3. The van der Waals surface area contributed by atoms with Gasteiger partial charge in [-0.15, -0.1) is 23.4 Å². The van der Waals surface area contributed by atoms with Crippen molar-refractivity contribution >= 4 is 56.6 Å². The lowest BCUT2D eigenvalue weighted by Crippen LogP contribution is -2.33. The Balaban J connectivity index is 1.58. The van der Waals surface area contributed by atoms with Crippen LogP contribution in [-0.2, 0) is 0 Å². The molecular weight excluding hydrogens is 540 g/mol. The number of nitro groups is 1. The fraction of sp³-hybridized carbons (Fsp3) is 0.240. The summed E-state index contributed by atoms with van der Waals surface area (Å²) in [6.07, 6.45) is 0.717. The zero-order valence-electron chi connectivity index (χ0n) is 17.7. The van der Waals surface area contributed by atoms with Crippen molar-refractivity contribution in [3.8, 4) is 0 Å². The Morgan fingerprint density at radius 2 is 1.88 bits per heavy atom. The minimum atomic E-state index is -1.24. The first-order valence-corrected chi connectivity index (χ1v) is 12.9. The summed E-state index contributed by atoms with van der Waals surface area (Å²) in [5.74, 6) is -1.30. The third-order valence-electron chi connectivity index (χ3n) is 6.62. The van der Waals surface area contributed by atoms with Gasteiger partial charge >= 0.3 is 0 Å². The molecule has 1 heterocycles. The maximum Gasteiger partial charge on any atom is 0.282 e. The van der Waals surface area contributed by atoms with E-state index >= 15 is 0 Å². The van der Waals surface area contributed by atoms with E-state index < -0.39 is 5.97 Å². The molecule has 0 saturated heterocycles. The highest BCUT2D eigenvalue weighted by molar-refractivity contribution is 9.10. The molecule has 0 aromatic heterocycles. The smallest absolute Gasteiger partial charge is 0.282 e. The summed E-state index contributed by atoms with van der Waals surface area (Å²) < 4.78 is 0.925. The average molecular weight is 559 g/mol. The molecule has 0 amide bonds. The van der Waals surface area contributed by atoms with Crippen LogP contribution in [0.15, 0.2) is 76.1 Å². The van der Waals surface area contributed by atoms with Crippen LogP contribution in [0.2, 0.25) is 0 Å². The van der Waals surface area contributed by atoms with Gasteiger partial charge in [-0.05, 0) is 41.7 Å². The fourth-order valence-corrected chi connectivity index (χ4v) is 7.58. The van der Waals surface area contributed by atoms with Gasteiger partial charge in [0.2, 0.25) is 0 Å². The number of benzene rings is 3. The lowest BCUT2D eigenvalue weighted by Gasteiger charge is -2.39. The molecule has 1 aliphatic heterocycles. The van der Waals surface area contributed by atoms with Crippen molar-refractivity contribution in [2.24, 2.45) is 5.92 Å². The number of carbonyl (C=O) groups excluding carboxylic acids is 1. The van der Waals surface area contributed by atoms with E-state index in [9.17, 15) is 20.0 Å². The lowest BCUT2D eigenvalue weighted by molar-refractivity contribution is -0.387. The van der Waals surface area contributed by atoms with Crippen LogP contribution in [0.1, 0.15) is 39.9 Å². The van der Waals surface area contributed by atoms with Gasteiger partial charge in [-0.25, -0.2) is 0 Å². The van der Waals surface area contributed by atoms with E-state index in [0.29, 0.717) is 17.0 Å². The van der Waals surface area contributed by atoms with E-state index in [-0.39, 0.29) is 44.7 Å². The number of nitrogens with zero attached hydrogens (tertiary/aromatic N) is 1. The maximum atomic E-state index is 11.9. The van der Waals surface area contributed by atoms with Gasteiger partial charge in [0.05, 0.1) is 27.2 Å². The highest BCUT2D eigenvalue weighted by Crippen LogP contribution is 2.58. The molecule has 5 atom stereocenters. The summed E-state index contributed by atoms with van der Waals surface area (Å²) in [7, 11) is 0. The number of hydrogen-bond donors (Lipinski definition) is 1. The monoisotopic (exact) mass is 557 g/mol. The van der Waals surface area contributed by atoms with E-state index in [1.165, 1.54) is 23.9 Å². The maximum absolute atomic E-state index is 11.9. The van der Waals surface area contributed by atoms with Gasteiger partial charge in [0.1, 0.15) is 0 Å². The van der Waals surface area contributed by atoms with Crippen LogP contribution in [0.25, 0.3) is 0 Å². The molecule has 5 rings (SSSR count). The van der Waals surface area contributed by atoms with Crippen LogP contribution < -0.4 is 10.4 Å². The van der Waals surface area contributed by atoms with Crippen molar-refractivity contribution in [3.63, 3.8) is 0 Å². The Kier molecular flexibility index (Phi) is 6.31. The molecular formula is C25H19BrClN2O4S-. The van der Waals surface area contributed by atoms with Crippen LogP contribution in [0.3, 0.4) is 0 Å². The molecule has 0 radical (unpaired) electrons. The van der Waals surface area contributed by atoms with Gasteiger partial charge in [-0.3, -0.25) is 10.1 Å². The summed E-state index contributed by atoms with van der Waals surface area (Å²) in [6, 6.07) is 19.6. The van der Waals surface area contributed by atoms with Crippen molar-refractivity contribution in [2.45, 2.75) is 33.9 Å². The van der Waals surface area contributed by atoms with Gasteiger partial charge in [0.25, 0.3) is 5.69 Å². The van der Waals surface area contributed by atoms with Crippen LogP contribution >= 0.6 is 39.3 Å². The number of fused-ring (bicyclic) bond motifs is 3. The highest BCUT2D eigenvalue weighted by Gasteiger charge is 2.50. The summed E-state index contributed by atoms with van der Waals surface area (Å²) in [5.41, 5.74) is 2.57. The highest BCUT2D eigenvalue weighted by atomic mass is 79.9. The molecule has 34 heavy (non-hydrogen) atoms. The third-order valence-corrected chi connectivity index (χ3v) is 9.22. The molecule has 3 aromatic carbocycles. The number of hydrogen-bond acceptors (Lipinski definition) is 6. The SMILES string of the molecule is O=C([O-])c1cccc2c1N[C@@H](c1cccc(Br)c1)[C@H]1C[C@H](Sc3ccccc3[N+](=O)[O-])[C@@H](Cl)[C@@H]21. The zero-order chi connectivity index (χ0) is 24.0. The quantitative estimate of drug-likeness (QED) is 0.243. The minimum absolute atomic E-state index is 0.0625. The van der Waals surface area contributed by atoms with E-state index in [1.54, 1.807) is 24.3 Å². The van der Waals surface area contributed by atoms with E-state index in [2.05, 4.69) is 21.2 Å². The van der Waals surface area contributed by atoms with Crippen molar-refractivity contribution in [3.05, 3.63) is 98.0 Å². The molecule has 0 unspecified atom stereocenters. The second-order valence-corrected chi connectivity index (χ2v) is 11.2. The first-order valence-electron chi connectivity index (χ1n) is 10.8. The first kappa shape index (κ1) is 23.2. The number of anilines is 1. The van der Waals surface area contributed by atoms with Gasteiger partial charge < -0.3 is 15.2 Å². The van der Waals surface area contributed by atoms with Crippen molar-refractivity contribution in [2.75, 3.05) is 5.32 Å². The molecule has 0 bridgehead atoms. The summed E-state index contributed by atoms with van der Waals surface area (Å²) in [6.45, 7) is 0. The van der Waals surface area contributed by atoms with Crippen molar-refractivity contribution in [1.82, 2.24) is 0 Å². The standard InChI is InChI=1S/C25H20BrClN2O4S/c26-14-6-3-5-13(11-14)23-17-12-20(34-19-10-2-1-9-18(19)29(32)33)22(27)21(17)15-7-4-8-16(25(30)31)24(15)28-23/h1-11,17,20-23,28H,12H2,(H,30,31)/p-1/t17-,20-,21-,22+,23-/m0/s1. The third kappa shape index (κ3) is 4.08. The molecule has 3 aromatic rings. The second-order valence-electron chi connectivity index (χ2n) is 8.49. The predicted molar refractivity (Wildman–Crippen MR) is 135 cm³/mol. The number of nitrogens with one attached hydrogen (secondary N) is 1. The predicted octanol–water partition coefficient (Wildman–Crippen LogP) is 5.76. The Bertz CT molecular complexity index is 1290. The normalized spacial score (nSPS) is 25.2. The molecule has 1 fully saturated rings. The average Bonchev–Trinajstić information content (AvgIpc) is 3.14. The summed E-state index contributed by atoms with van der Waals surface area (Å²) in [4.78, 5) is 23.6. The molecule has 6 nitrogen and oxygen atoms in total. The van der Waals surface area contributed by atoms with Gasteiger partial charge in [-0.1, -0.05) is 58.4 Å². The van der Waals surface area contributed by atoms with Crippen LogP contribution in [0.5, 0.6) is 0 Å². The van der Waals surface area contributed by atoms with Crippen molar-refractivity contribution in [1.29, 1.82) is 0 Å². The number of alkyl halides is 1. The molecule has 1 N–H and O–H groups in total. The number of thioether (sulfide) groups is 1. The van der Waals surface area contributed by atoms with Crippen molar-refractivity contribution < 1.29 is 14.8 Å². The number of halogens is 2. The fourth-order valence-electron chi connectivity index (χ4n) is 5.21. The second kappa shape index (κ2) is 9.24. The number of nitro benzene ring substituents is 1. The van der Waals surface area contributed by atoms with Crippen LogP contribution in [0, 0.1) is 16.0 Å². The Hall–Kier alpha value is -2.55. The topological polar surface area (TPSA) is 95.3 Å². The van der Waals surface area contributed by atoms with Gasteiger partial charge in [0.15, 0.2) is 0 Å². The largest absolute Gasteiger partial charge is 0.545 e. The lowest BCUT2D eigenvalue weighted by atomic mass is 9.76. The molecule has 0 spiro atoms. The number of carboxylic acid groups (broad SMARTS) is 1. The zero-order valence-corrected chi connectivity index (χ0v) is 20.8. The minimum Gasteiger partial charge on any atom is -0.545 e. The number of aromatic carboxylic acids is 1. The van der Waals surface area contributed by atoms with Gasteiger partial charge in [-0.2, -0.15) is 0 Å². The number of carbonyl (C=O) groups is 1. The Morgan fingerprint density at radius 3 is 2.62 bits per heavy atom. The van der Waals surface area contributed by atoms with Crippen LogP contribution in [0.4, 0.5) is 11.4 Å². The Labute approximate surface area is 214 Å². The molecule has 9 heteroatoms. The van der Waals surface area contributed by atoms with E-state index in [1.807, 2.05) is 30.3 Å². The molecule has 1 aliphatic carbocycles. The number of rotatable bonds is 5. The van der Waals surface area contributed by atoms with E-state index in [4.69, 9.17) is 11.6 Å². The number of carboxylic acids is 1. The van der Waals surface area contributed by atoms with Crippen LogP contribution in [-0.4, -0.2) is 21.5 Å².